The fourth-order valence-corrected chi connectivity index (χ4v) is 3.56. The smallest absolute Gasteiger partial charge is 0.324 e. The Morgan fingerprint density at radius 3 is 2.49 bits per heavy atom. The molecule has 7 nitrogen and oxygen atoms in total. The molecule has 0 unspecified atom stereocenters. The minimum atomic E-state index is -4.55. The molecule has 0 fully saturated rings. The Bertz CT molecular complexity index is 1500. The Labute approximate surface area is 197 Å². The maximum atomic E-state index is 13.0. The summed E-state index contributed by atoms with van der Waals surface area (Å²) >= 11 is 0. The fraction of sp³-hybridized carbons (Fsp3) is 0.120. The lowest BCUT2D eigenvalue weighted by Crippen LogP contribution is -2.28. The van der Waals surface area contributed by atoms with E-state index in [4.69, 9.17) is 0 Å². The van der Waals surface area contributed by atoms with Crippen molar-refractivity contribution in [2.75, 3.05) is 10.6 Å². The topological polar surface area (TPSA) is 93.1 Å². The Balaban J connectivity index is 1.52. The monoisotopic (exact) mass is 480 g/mol. The van der Waals surface area contributed by atoms with Gasteiger partial charge in [-0.05, 0) is 48.9 Å². The molecule has 1 aromatic heterocycles. The van der Waals surface area contributed by atoms with Gasteiger partial charge in [-0.3, -0.25) is 19.0 Å². The van der Waals surface area contributed by atoms with Gasteiger partial charge in [-0.15, -0.1) is 0 Å². The summed E-state index contributed by atoms with van der Waals surface area (Å²) < 4.78 is 40.0. The van der Waals surface area contributed by atoms with E-state index in [2.05, 4.69) is 15.6 Å². The van der Waals surface area contributed by atoms with Gasteiger partial charge in [0.15, 0.2) is 0 Å². The van der Waals surface area contributed by atoms with Crippen LogP contribution in [0.1, 0.15) is 21.5 Å². The summed E-state index contributed by atoms with van der Waals surface area (Å²) in [6.45, 7) is 1.48. The summed E-state index contributed by atoms with van der Waals surface area (Å²) in [6.07, 6.45) is -3.27. The predicted molar refractivity (Wildman–Crippen MR) is 125 cm³/mol. The van der Waals surface area contributed by atoms with Crippen LogP contribution in [0.2, 0.25) is 0 Å². The zero-order valence-electron chi connectivity index (χ0n) is 18.4. The van der Waals surface area contributed by atoms with E-state index < -0.39 is 23.6 Å². The molecule has 4 rings (SSSR count). The molecular formula is C25H19F3N4O3. The third-order valence-corrected chi connectivity index (χ3v) is 5.26. The van der Waals surface area contributed by atoms with Gasteiger partial charge in [0.2, 0.25) is 5.91 Å². The van der Waals surface area contributed by atoms with Crippen LogP contribution in [0.5, 0.6) is 0 Å². The van der Waals surface area contributed by atoms with Crippen LogP contribution in [-0.2, 0) is 17.5 Å². The highest BCUT2D eigenvalue weighted by Gasteiger charge is 2.30. The maximum Gasteiger partial charge on any atom is 0.416 e. The summed E-state index contributed by atoms with van der Waals surface area (Å²) in [5.41, 5.74) is 0.223. The van der Waals surface area contributed by atoms with E-state index in [1.807, 2.05) is 13.0 Å². The van der Waals surface area contributed by atoms with Gasteiger partial charge in [0.05, 0.1) is 34.0 Å². The molecule has 35 heavy (non-hydrogen) atoms. The van der Waals surface area contributed by atoms with Crippen LogP contribution in [-0.4, -0.2) is 21.4 Å². The Kier molecular flexibility index (Phi) is 6.37. The lowest BCUT2D eigenvalue weighted by molar-refractivity contribution is -0.137. The third kappa shape index (κ3) is 5.21. The average molecular weight is 480 g/mol. The molecule has 4 aromatic rings. The molecule has 3 aromatic carbocycles. The van der Waals surface area contributed by atoms with Crippen molar-refractivity contribution in [2.24, 2.45) is 0 Å². The van der Waals surface area contributed by atoms with Crippen LogP contribution < -0.4 is 16.2 Å². The second-order valence-electron chi connectivity index (χ2n) is 7.78. The average Bonchev–Trinajstić information content (AvgIpc) is 2.81. The van der Waals surface area contributed by atoms with Crippen molar-refractivity contribution in [3.8, 4) is 0 Å². The van der Waals surface area contributed by atoms with Gasteiger partial charge in [0.1, 0.15) is 6.54 Å². The minimum Gasteiger partial charge on any atom is -0.324 e. The van der Waals surface area contributed by atoms with Crippen LogP contribution in [0, 0.1) is 6.92 Å². The highest BCUT2D eigenvalue weighted by molar-refractivity contribution is 6.10. The summed E-state index contributed by atoms with van der Waals surface area (Å²) in [4.78, 5) is 42.4. The van der Waals surface area contributed by atoms with Crippen molar-refractivity contribution in [1.82, 2.24) is 9.55 Å². The van der Waals surface area contributed by atoms with Crippen LogP contribution in [0.25, 0.3) is 10.9 Å². The zero-order chi connectivity index (χ0) is 25.2. The highest BCUT2D eigenvalue weighted by Crippen LogP contribution is 2.31. The van der Waals surface area contributed by atoms with E-state index in [9.17, 15) is 27.6 Å². The number of nitrogens with one attached hydrogen (secondary N) is 2. The minimum absolute atomic E-state index is 0.0397. The number of benzene rings is 3. The summed E-state index contributed by atoms with van der Waals surface area (Å²) in [7, 11) is 0. The molecule has 1 heterocycles. The number of rotatable bonds is 5. The summed E-state index contributed by atoms with van der Waals surface area (Å²) in [5, 5.41) is 5.37. The third-order valence-electron chi connectivity index (χ3n) is 5.26. The number of aromatic nitrogens is 2. The molecule has 0 atom stereocenters. The van der Waals surface area contributed by atoms with Crippen molar-refractivity contribution in [2.45, 2.75) is 19.6 Å². The highest BCUT2D eigenvalue weighted by atomic mass is 19.4. The molecule has 2 amide bonds. The fourth-order valence-electron chi connectivity index (χ4n) is 3.56. The Morgan fingerprint density at radius 2 is 1.71 bits per heavy atom. The van der Waals surface area contributed by atoms with Crippen LogP contribution in [0.3, 0.4) is 0 Å². The van der Waals surface area contributed by atoms with E-state index >= 15 is 0 Å². The van der Waals surface area contributed by atoms with Gasteiger partial charge in [-0.25, -0.2) is 4.98 Å². The molecule has 0 saturated carbocycles. The van der Waals surface area contributed by atoms with E-state index in [1.165, 1.54) is 30.6 Å². The van der Waals surface area contributed by atoms with E-state index in [0.717, 1.165) is 22.3 Å². The van der Waals surface area contributed by atoms with Crippen LogP contribution in [0.15, 0.2) is 77.9 Å². The maximum absolute atomic E-state index is 13.0. The van der Waals surface area contributed by atoms with Crippen molar-refractivity contribution < 1.29 is 22.8 Å². The number of para-hydroxylation sites is 2. The van der Waals surface area contributed by atoms with Gasteiger partial charge in [-0.2, -0.15) is 13.2 Å². The quantitative estimate of drug-likeness (QED) is 0.436. The second-order valence-corrected chi connectivity index (χ2v) is 7.78. The molecular weight excluding hydrogens is 461 g/mol. The van der Waals surface area contributed by atoms with Gasteiger partial charge in [-0.1, -0.05) is 30.3 Å². The first-order chi connectivity index (χ1) is 16.6. The number of hydrogen-bond donors (Lipinski definition) is 2. The predicted octanol–water partition coefficient (Wildman–Crippen LogP) is 4.61. The molecule has 178 valence electrons. The normalized spacial score (nSPS) is 11.3. The molecule has 0 bridgehead atoms. The standard InChI is InChI=1S/C25H19F3N4O3/c1-15-6-4-10-19-22(15)29-14-32(24(19)35)13-21(33)31-20-11-3-2-9-18(20)23(34)30-17-8-5-7-16(12-17)25(26,27)28/h2-12,14H,13H2,1H3,(H,30,34)(H,31,33). The number of fused-ring (bicyclic) bond motifs is 1. The van der Waals surface area contributed by atoms with Gasteiger partial charge >= 0.3 is 6.18 Å². The van der Waals surface area contributed by atoms with E-state index in [0.29, 0.717) is 10.9 Å². The van der Waals surface area contributed by atoms with Crippen molar-refractivity contribution in [3.05, 3.63) is 100 Å². The number of carbonyl (C=O) groups excluding carboxylic acids is 2. The molecule has 2 N–H and O–H groups in total. The molecule has 0 spiro atoms. The number of nitrogens with zero attached hydrogens (tertiary/aromatic N) is 2. The number of hydrogen-bond acceptors (Lipinski definition) is 4. The lowest BCUT2D eigenvalue weighted by atomic mass is 10.1. The SMILES string of the molecule is Cc1cccc2c(=O)n(CC(=O)Nc3ccccc3C(=O)Nc3cccc(C(F)(F)F)c3)cnc12. The first-order valence-corrected chi connectivity index (χ1v) is 10.5. The zero-order valence-corrected chi connectivity index (χ0v) is 18.4. The number of anilines is 2. The van der Waals surface area contributed by atoms with E-state index in [-0.39, 0.29) is 29.0 Å². The second kappa shape index (κ2) is 9.41. The lowest BCUT2D eigenvalue weighted by Gasteiger charge is -2.13. The summed E-state index contributed by atoms with van der Waals surface area (Å²) in [6, 6.07) is 15.4. The van der Waals surface area contributed by atoms with Crippen LogP contribution >= 0.6 is 0 Å². The number of carbonyl (C=O) groups is 2. The number of alkyl halides is 3. The first-order valence-electron chi connectivity index (χ1n) is 10.5. The first kappa shape index (κ1) is 23.7. The Hall–Kier alpha value is -4.47. The molecule has 0 radical (unpaired) electrons. The number of amides is 2. The van der Waals surface area contributed by atoms with Gasteiger partial charge in [0.25, 0.3) is 11.5 Å². The van der Waals surface area contributed by atoms with Gasteiger partial charge in [0, 0.05) is 5.69 Å². The molecule has 0 aliphatic carbocycles. The molecule has 0 saturated heterocycles. The van der Waals surface area contributed by atoms with Crippen LogP contribution in [0.4, 0.5) is 24.5 Å². The van der Waals surface area contributed by atoms with Gasteiger partial charge < -0.3 is 10.6 Å². The number of aryl methyl sites for hydroxylation is 1. The number of halogens is 3. The van der Waals surface area contributed by atoms with Crippen molar-refractivity contribution >= 4 is 34.1 Å². The van der Waals surface area contributed by atoms with E-state index in [1.54, 1.807) is 24.3 Å². The molecule has 0 aliphatic heterocycles. The van der Waals surface area contributed by atoms with Crippen molar-refractivity contribution in [1.29, 1.82) is 0 Å². The largest absolute Gasteiger partial charge is 0.416 e. The molecule has 0 aliphatic rings. The Morgan fingerprint density at radius 1 is 0.971 bits per heavy atom. The summed E-state index contributed by atoms with van der Waals surface area (Å²) in [5.74, 6) is -1.29. The molecule has 10 heteroatoms. The van der Waals surface area contributed by atoms with Crippen molar-refractivity contribution in [3.63, 3.8) is 0 Å².